The molecule has 1 heterocycles. The normalized spacial score (nSPS) is 32.8. The predicted molar refractivity (Wildman–Crippen MR) is 83.2 cm³/mol. The molecule has 1 aliphatic heterocycles. The third-order valence-electron chi connectivity index (χ3n) is 4.34. The monoisotopic (exact) mass is 377 g/mol. The fourth-order valence-corrected chi connectivity index (χ4v) is 4.42. The highest BCUT2D eigenvalue weighted by molar-refractivity contribution is 14.1. The lowest BCUT2D eigenvalue weighted by Crippen LogP contribution is -2.63. The average molecular weight is 378 g/mol. The molecule has 98 valence electrons. The molecule has 0 radical (unpaired) electrons. The Balaban J connectivity index is 1.80. The number of halogens is 2. The van der Waals surface area contributed by atoms with Gasteiger partial charge in [0.05, 0.1) is 6.10 Å². The van der Waals surface area contributed by atoms with Crippen LogP contribution in [0.25, 0.3) is 0 Å². The van der Waals surface area contributed by atoms with E-state index in [1.165, 1.54) is 15.7 Å². The number of hydrogen-bond acceptors (Lipinski definition) is 2. The van der Waals surface area contributed by atoms with Crippen molar-refractivity contribution in [3.8, 4) is 0 Å². The molecule has 1 aliphatic carbocycles. The Morgan fingerprint density at radius 1 is 1.44 bits per heavy atom. The van der Waals surface area contributed by atoms with Gasteiger partial charge in [0.2, 0.25) is 0 Å². The molecule has 2 aliphatic rings. The third-order valence-corrected chi connectivity index (χ3v) is 5.47. The minimum atomic E-state index is 0.212. The Morgan fingerprint density at radius 3 is 2.94 bits per heavy atom. The largest absolute Gasteiger partial charge is 0.380 e. The van der Waals surface area contributed by atoms with Crippen molar-refractivity contribution in [3.05, 3.63) is 26.8 Å². The van der Waals surface area contributed by atoms with Crippen LogP contribution in [0, 0.1) is 14.9 Å². The van der Waals surface area contributed by atoms with Crippen LogP contribution in [-0.4, -0.2) is 18.8 Å². The summed E-state index contributed by atoms with van der Waals surface area (Å²) in [5, 5.41) is 4.48. The zero-order valence-electron chi connectivity index (χ0n) is 10.5. The summed E-state index contributed by atoms with van der Waals surface area (Å²) in [5.74, 6) is 0.659. The minimum absolute atomic E-state index is 0.212. The molecule has 3 atom stereocenters. The van der Waals surface area contributed by atoms with Gasteiger partial charge in [-0.05, 0) is 47.2 Å². The second-order valence-corrected chi connectivity index (χ2v) is 7.41. The molecule has 1 aromatic carbocycles. The molecule has 2 nitrogen and oxygen atoms in total. The molecular weight excluding hydrogens is 361 g/mol. The van der Waals surface area contributed by atoms with Gasteiger partial charge in [-0.2, -0.15) is 0 Å². The van der Waals surface area contributed by atoms with Crippen molar-refractivity contribution in [2.75, 3.05) is 11.9 Å². The van der Waals surface area contributed by atoms with E-state index < -0.39 is 0 Å². The quantitative estimate of drug-likeness (QED) is 0.781. The van der Waals surface area contributed by atoms with Gasteiger partial charge in [-0.3, -0.25) is 0 Å². The third kappa shape index (κ3) is 1.95. The molecule has 1 saturated heterocycles. The first kappa shape index (κ1) is 13.0. The van der Waals surface area contributed by atoms with Crippen LogP contribution in [0.4, 0.5) is 5.69 Å². The van der Waals surface area contributed by atoms with Crippen molar-refractivity contribution >= 4 is 39.9 Å². The Bertz CT molecular complexity index is 477. The van der Waals surface area contributed by atoms with Gasteiger partial charge in [-0.15, -0.1) is 0 Å². The van der Waals surface area contributed by atoms with E-state index in [9.17, 15) is 0 Å². The number of ether oxygens (including phenoxy) is 1. The van der Waals surface area contributed by atoms with Crippen molar-refractivity contribution < 1.29 is 4.74 Å². The molecule has 18 heavy (non-hydrogen) atoms. The van der Waals surface area contributed by atoms with Crippen molar-refractivity contribution in [1.82, 2.24) is 0 Å². The molecule has 2 fully saturated rings. The molecule has 1 saturated carbocycles. The minimum Gasteiger partial charge on any atom is -0.380 e. The van der Waals surface area contributed by atoms with Crippen molar-refractivity contribution in [2.24, 2.45) is 11.3 Å². The number of nitrogens with one attached hydrogen (secondary N) is 1. The van der Waals surface area contributed by atoms with Crippen LogP contribution in [0.2, 0.25) is 5.02 Å². The average Bonchev–Trinajstić information content (AvgIpc) is 2.74. The molecular formula is C14H17ClINO. The first-order chi connectivity index (χ1) is 8.50. The van der Waals surface area contributed by atoms with Gasteiger partial charge in [0.15, 0.2) is 0 Å². The second-order valence-electron chi connectivity index (χ2n) is 5.81. The number of fused-ring (bicyclic) bond motifs is 1. The van der Waals surface area contributed by atoms with Crippen LogP contribution in [0.1, 0.15) is 20.3 Å². The zero-order valence-corrected chi connectivity index (χ0v) is 13.5. The highest BCUT2D eigenvalue weighted by Crippen LogP contribution is 2.53. The lowest BCUT2D eigenvalue weighted by molar-refractivity contribution is -0.0923. The molecule has 3 unspecified atom stereocenters. The van der Waals surface area contributed by atoms with Crippen LogP contribution in [0.5, 0.6) is 0 Å². The van der Waals surface area contributed by atoms with Crippen LogP contribution >= 0.6 is 34.2 Å². The number of anilines is 1. The maximum atomic E-state index is 5.99. The Labute approximate surface area is 127 Å². The smallest absolute Gasteiger partial charge is 0.0694 e. The number of benzene rings is 1. The summed E-state index contributed by atoms with van der Waals surface area (Å²) >= 11 is 8.33. The van der Waals surface area contributed by atoms with Gasteiger partial charge in [-0.1, -0.05) is 25.4 Å². The first-order valence-electron chi connectivity index (χ1n) is 6.33. The van der Waals surface area contributed by atoms with E-state index in [-0.39, 0.29) is 5.41 Å². The lowest BCUT2D eigenvalue weighted by atomic mass is 9.57. The fourth-order valence-electron chi connectivity index (χ4n) is 3.39. The predicted octanol–water partition coefficient (Wildman–Crippen LogP) is 4.17. The maximum Gasteiger partial charge on any atom is 0.0694 e. The van der Waals surface area contributed by atoms with Crippen LogP contribution < -0.4 is 5.32 Å². The van der Waals surface area contributed by atoms with Gasteiger partial charge in [0.1, 0.15) is 0 Å². The zero-order chi connectivity index (χ0) is 12.9. The Hall–Kier alpha value is -0.0000000000000000763. The van der Waals surface area contributed by atoms with E-state index in [0.29, 0.717) is 18.1 Å². The first-order valence-corrected chi connectivity index (χ1v) is 7.79. The molecule has 0 bridgehead atoms. The van der Waals surface area contributed by atoms with Crippen molar-refractivity contribution in [3.63, 3.8) is 0 Å². The number of hydrogen-bond donors (Lipinski definition) is 1. The van der Waals surface area contributed by atoms with Gasteiger partial charge < -0.3 is 10.1 Å². The SMILES string of the molecule is CC1(C)C(Nc2ccc(Cl)cc2I)C2CCOC21. The summed E-state index contributed by atoms with van der Waals surface area (Å²) in [4.78, 5) is 0. The highest BCUT2D eigenvalue weighted by atomic mass is 127. The van der Waals surface area contributed by atoms with E-state index in [0.717, 1.165) is 11.6 Å². The molecule has 0 spiro atoms. The molecule has 1 aromatic rings. The maximum absolute atomic E-state index is 5.99. The molecule has 0 amide bonds. The summed E-state index contributed by atoms with van der Waals surface area (Å²) < 4.78 is 7.00. The molecule has 1 N–H and O–H groups in total. The van der Waals surface area contributed by atoms with Crippen LogP contribution in [-0.2, 0) is 4.74 Å². The topological polar surface area (TPSA) is 21.3 Å². The van der Waals surface area contributed by atoms with Gasteiger partial charge >= 0.3 is 0 Å². The summed E-state index contributed by atoms with van der Waals surface area (Å²) in [6.45, 7) is 5.49. The van der Waals surface area contributed by atoms with Crippen molar-refractivity contribution in [1.29, 1.82) is 0 Å². The highest BCUT2D eigenvalue weighted by Gasteiger charge is 2.59. The van der Waals surface area contributed by atoms with Gasteiger partial charge in [0.25, 0.3) is 0 Å². The molecule has 0 aromatic heterocycles. The lowest BCUT2D eigenvalue weighted by Gasteiger charge is -2.55. The number of rotatable bonds is 2. The molecule has 4 heteroatoms. The van der Waals surface area contributed by atoms with Crippen LogP contribution in [0.3, 0.4) is 0 Å². The summed E-state index contributed by atoms with van der Waals surface area (Å²) in [6.07, 6.45) is 1.61. The Morgan fingerprint density at radius 2 is 2.22 bits per heavy atom. The van der Waals surface area contributed by atoms with Crippen molar-refractivity contribution in [2.45, 2.75) is 32.4 Å². The summed E-state index contributed by atoms with van der Waals surface area (Å²) in [6, 6.07) is 6.52. The Kier molecular flexibility index (Phi) is 3.27. The van der Waals surface area contributed by atoms with E-state index >= 15 is 0 Å². The van der Waals surface area contributed by atoms with E-state index in [1.54, 1.807) is 0 Å². The molecule has 3 rings (SSSR count). The van der Waals surface area contributed by atoms with Gasteiger partial charge in [0, 0.05) is 38.3 Å². The second kappa shape index (κ2) is 4.53. The van der Waals surface area contributed by atoms with E-state index in [1.807, 2.05) is 12.1 Å². The van der Waals surface area contributed by atoms with Crippen LogP contribution in [0.15, 0.2) is 18.2 Å². The van der Waals surface area contributed by atoms with Gasteiger partial charge in [-0.25, -0.2) is 0 Å². The fraction of sp³-hybridized carbons (Fsp3) is 0.571. The van der Waals surface area contributed by atoms with E-state index in [2.05, 4.69) is 47.8 Å². The summed E-state index contributed by atoms with van der Waals surface area (Å²) in [5.41, 5.74) is 1.40. The summed E-state index contributed by atoms with van der Waals surface area (Å²) in [7, 11) is 0. The van der Waals surface area contributed by atoms with E-state index in [4.69, 9.17) is 16.3 Å². The standard InChI is InChI=1S/C14H17ClINO/c1-14(2)12(9-5-6-18-13(9)14)17-11-4-3-8(15)7-10(11)16/h3-4,7,9,12-13,17H,5-6H2,1-2H3.